The number of piperidine rings is 1. The van der Waals surface area contributed by atoms with Gasteiger partial charge in [-0.3, -0.25) is 14.6 Å². The van der Waals surface area contributed by atoms with Crippen LogP contribution >= 0.6 is 0 Å². The van der Waals surface area contributed by atoms with E-state index >= 15 is 0 Å². The summed E-state index contributed by atoms with van der Waals surface area (Å²) < 4.78 is 1.33. The quantitative estimate of drug-likeness (QED) is 0.702. The van der Waals surface area contributed by atoms with Gasteiger partial charge in [0.05, 0.1) is 11.1 Å². The van der Waals surface area contributed by atoms with Crippen LogP contribution in [0, 0.1) is 5.92 Å². The second-order valence-electron chi connectivity index (χ2n) is 7.57. The number of hydrogen-bond acceptors (Lipinski definition) is 4. The van der Waals surface area contributed by atoms with Gasteiger partial charge in [0.15, 0.2) is 0 Å². The van der Waals surface area contributed by atoms with E-state index < -0.39 is 0 Å². The largest absolute Gasteiger partial charge is 0.341 e. The molecule has 0 spiro atoms. The Labute approximate surface area is 163 Å². The van der Waals surface area contributed by atoms with E-state index in [4.69, 9.17) is 0 Å². The Morgan fingerprint density at radius 2 is 1.89 bits per heavy atom. The van der Waals surface area contributed by atoms with Crippen molar-refractivity contribution in [1.82, 2.24) is 19.7 Å². The molecular weight excluding hydrogens is 352 g/mol. The number of nitrogens with zero attached hydrogens (tertiary/aromatic N) is 4. The number of benzene rings is 1. The summed E-state index contributed by atoms with van der Waals surface area (Å²) in [6.07, 6.45) is 6.23. The lowest BCUT2D eigenvalue weighted by molar-refractivity contribution is -0.133. The highest BCUT2D eigenvalue weighted by atomic mass is 16.2. The van der Waals surface area contributed by atoms with Crippen molar-refractivity contribution in [1.29, 1.82) is 0 Å². The summed E-state index contributed by atoms with van der Waals surface area (Å²) in [5.41, 5.74) is 1.64. The van der Waals surface area contributed by atoms with Crippen LogP contribution in [0.15, 0.2) is 53.6 Å². The topological polar surface area (TPSA) is 68.1 Å². The van der Waals surface area contributed by atoms with E-state index in [1.54, 1.807) is 18.5 Å². The highest BCUT2D eigenvalue weighted by molar-refractivity contribution is 5.84. The lowest BCUT2D eigenvalue weighted by Crippen LogP contribution is -2.42. The number of fused-ring (bicyclic) bond motifs is 1. The van der Waals surface area contributed by atoms with Gasteiger partial charge in [-0.05, 0) is 42.5 Å². The van der Waals surface area contributed by atoms with Crippen LogP contribution in [0.5, 0.6) is 0 Å². The molecule has 28 heavy (non-hydrogen) atoms. The van der Waals surface area contributed by atoms with Crippen molar-refractivity contribution >= 4 is 16.7 Å². The van der Waals surface area contributed by atoms with Gasteiger partial charge in [0.25, 0.3) is 5.56 Å². The summed E-state index contributed by atoms with van der Waals surface area (Å²) in [6.45, 7) is 3.66. The Balaban J connectivity index is 1.69. The number of rotatable bonds is 4. The summed E-state index contributed by atoms with van der Waals surface area (Å²) in [6, 6.07) is 11.3. The monoisotopic (exact) mass is 376 g/mol. The molecule has 6 nitrogen and oxygen atoms in total. The zero-order valence-electron chi connectivity index (χ0n) is 16.0. The fraction of sp³-hybridized carbons (Fsp3) is 0.364. The van der Waals surface area contributed by atoms with Gasteiger partial charge in [-0.1, -0.05) is 25.1 Å². The molecule has 1 saturated heterocycles. The second kappa shape index (κ2) is 7.92. The summed E-state index contributed by atoms with van der Waals surface area (Å²) in [5, 5.41) is 6.02. The summed E-state index contributed by atoms with van der Waals surface area (Å²) in [7, 11) is 0. The van der Waals surface area contributed by atoms with Crippen LogP contribution in [0.4, 0.5) is 0 Å². The Morgan fingerprint density at radius 3 is 2.64 bits per heavy atom. The Bertz CT molecular complexity index is 1050. The van der Waals surface area contributed by atoms with Gasteiger partial charge in [-0.2, -0.15) is 5.10 Å². The third-order valence-corrected chi connectivity index (χ3v) is 5.36. The molecule has 1 aliphatic heterocycles. The van der Waals surface area contributed by atoms with Crippen molar-refractivity contribution in [2.75, 3.05) is 13.1 Å². The molecule has 6 heteroatoms. The molecule has 1 aromatic carbocycles. The molecule has 0 aliphatic carbocycles. The van der Waals surface area contributed by atoms with E-state index in [0.717, 1.165) is 42.6 Å². The Kier molecular flexibility index (Phi) is 5.19. The first kappa shape index (κ1) is 18.3. The van der Waals surface area contributed by atoms with Crippen LogP contribution in [-0.2, 0) is 17.8 Å². The van der Waals surface area contributed by atoms with Crippen molar-refractivity contribution in [2.24, 2.45) is 5.92 Å². The fourth-order valence-electron chi connectivity index (χ4n) is 3.88. The van der Waals surface area contributed by atoms with Crippen molar-refractivity contribution in [2.45, 2.75) is 32.7 Å². The second-order valence-corrected chi connectivity index (χ2v) is 7.57. The Hall–Kier alpha value is -3.02. The molecule has 1 fully saturated rings. The van der Waals surface area contributed by atoms with Gasteiger partial charge in [0.1, 0.15) is 6.54 Å². The molecule has 0 bridgehead atoms. The highest BCUT2D eigenvalue weighted by Crippen LogP contribution is 2.18. The lowest BCUT2D eigenvalue weighted by Gasteiger charge is -2.31. The summed E-state index contributed by atoms with van der Waals surface area (Å²) >= 11 is 0. The Morgan fingerprint density at radius 1 is 1.14 bits per heavy atom. The first-order chi connectivity index (χ1) is 13.6. The van der Waals surface area contributed by atoms with Crippen molar-refractivity contribution < 1.29 is 4.79 Å². The van der Waals surface area contributed by atoms with Crippen LogP contribution in [0.2, 0.25) is 0 Å². The summed E-state index contributed by atoms with van der Waals surface area (Å²) in [5.74, 6) is 0.465. The number of carbonyl (C=O) groups excluding carboxylic acids is 1. The van der Waals surface area contributed by atoms with E-state index in [1.165, 1.54) is 4.68 Å². The molecule has 1 atom stereocenters. The third-order valence-electron chi connectivity index (χ3n) is 5.36. The maximum Gasteiger partial charge on any atom is 0.275 e. The van der Waals surface area contributed by atoms with Gasteiger partial charge in [0, 0.05) is 37.3 Å². The molecule has 0 N–H and O–H groups in total. The SMILES string of the molecule is CC1CCCN(C(=O)Cn2nc(Cc3ccncc3)c3ccccc3c2=O)C1. The molecule has 0 radical (unpaired) electrons. The minimum atomic E-state index is -0.215. The van der Waals surface area contributed by atoms with Crippen LogP contribution < -0.4 is 5.56 Å². The molecule has 0 saturated carbocycles. The van der Waals surface area contributed by atoms with E-state index in [-0.39, 0.29) is 18.0 Å². The van der Waals surface area contributed by atoms with Crippen molar-refractivity contribution in [3.63, 3.8) is 0 Å². The smallest absolute Gasteiger partial charge is 0.275 e. The lowest BCUT2D eigenvalue weighted by atomic mass is 10.0. The van der Waals surface area contributed by atoms with E-state index in [1.807, 2.05) is 35.2 Å². The van der Waals surface area contributed by atoms with Crippen LogP contribution in [0.1, 0.15) is 31.0 Å². The van der Waals surface area contributed by atoms with Crippen LogP contribution in [0.3, 0.4) is 0 Å². The molecule has 3 heterocycles. The van der Waals surface area contributed by atoms with Gasteiger partial charge in [-0.25, -0.2) is 4.68 Å². The molecule has 1 amide bonds. The number of pyridine rings is 1. The number of amides is 1. The van der Waals surface area contributed by atoms with Crippen LogP contribution in [-0.4, -0.2) is 38.7 Å². The number of aromatic nitrogens is 3. The van der Waals surface area contributed by atoms with Gasteiger partial charge >= 0.3 is 0 Å². The predicted molar refractivity (Wildman–Crippen MR) is 108 cm³/mol. The first-order valence-corrected chi connectivity index (χ1v) is 9.77. The predicted octanol–water partition coefficient (Wildman–Crippen LogP) is 2.64. The number of carbonyl (C=O) groups is 1. The molecule has 1 aliphatic rings. The summed E-state index contributed by atoms with van der Waals surface area (Å²) in [4.78, 5) is 31.6. The number of hydrogen-bond donors (Lipinski definition) is 0. The average Bonchev–Trinajstić information content (AvgIpc) is 2.72. The minimum Gasteiger partial charge on any atom is -0.341 e. The van der Waals surface area contributed by atoms with Gasteiger partial charge < -0.3 is 4.90 Å². The molecular formula is C22H24N4O2. The maximum atomic E-state index is 12.9. The molecule has 1 unspecified atom stereocenters. The first-order valence-electron chi connectivity index (χ1n) is 9.77. The molecule has 4 rings (SSSR count). The zero-order valence-corrected chi connectivity index (χ0v) is 16.0. The van der Waals surface area contributed by atoms with Gasteiger partial charge in [0.2, 0.25) is 5.91 Å². The number of likely N-dealkylation sites (tertiary alicyclic amines) is 1. The minimum absolute atomic E-state index is 0.0142. The molecule has 3 aromatic rings. The zero-order chi connectivity index (χ0) is 19.5. The third kappa shape index (κ3) is 3.81. The highest BCUT2D eigenvalue weighted by Gasteiger charge is 2.22. The standard InChI is InChI=1S/C22H24N4O2/c1-16-5-4-12-25(14-16)21(27)15-26-22(28)19-7-3-2-6-18(19)20(24-26)13-17-8-10-23-11-9-17/h2-3,6-11,16H,4-5,12-15H2,1H3. The van der Waals surface area contributed by atoms with Crippen LogP contribution in [0.25, 0.3) is 10.8 Å². The van der Waals surface area contributed by atoms with E-state index in [2.05, 4.69) is 17.0 Å². The maximum absolute atomic E-state index is 12.9. The average molecular weight is 376 g/mol. The van der Waals surface area contributed by atoms with E-state index in [0.29, 0.717) is 17.7 Å². The van der Waals surface area contributed by atoms with Crippen molar-refractivity contribution in [3.05, 3.63) is 70.4 Å². The van der Waals surface area contributed by atoms with Gasteiger partial charge in [-0.15, -0.1) is 0 Å². The van der Waals surface area contributed by atoms with E-state index in [9.17, 15) is 9.59 Å². The molecule has 2 aromatic heterocycles. The molecule has 144 valence electrons. The normalized spacial score (nSPS) is 17.0. The van der Waals surface area contributed by atoms with Crippen molar-refractivity contribution in [3.8, 4) is 0 Å². The fourth-order valence-corrected chi connectivity index (χ4v) is 3.88.